The number of rotatable bonds is 6. The number of fused-ring (bicyclic) bond motifs is 1. The van der Waals surface area contributed by atoms with Crippen molar-refractivity contribution in [1.29, 1.82) is 0 Å². The van der Waals surface area contributed by atoms with E-state index in [0.717, 1.165) is 38.9 Å². The summed E-state index contributed by atoms with van der Waals surface area (Å²) in [6, 6.07) is 4.50. The van der Waals surface area contributed by atoms with E-state index in [2.05, 4.69) is 16.5 Å². The van der Waals surface area contributed by atoms with Gasteiger partial charge in [0.2, 0.25) is 10.0 Å². The molecule has 0 radical (unpaired) electrons. The first-order valence-corrected chi connectivity index (χ1v) is 10.2. The van der Waals surface area contributed by atoms with Gasteiger partial charge in [-0.25, -0.2) is 17.9 Å². The van der Waals surface area contributed by atoms with Crippen LogP contribution in [0.2, 0.25) is 0 Å². The lowest BCUT2D eigenvalue weighted by Gasteiger charge is -2.31. The Morgan fingerprint density at radius 2 is 2.00 bits per heavy atom. The summed E-state index contributed by atoms with van der Waals surface area (Å²) in [5.41, 5.74) is 0.857. The Labute approximate surface area is 147 Å². The third-order valence-electron chi connectivity index (χ3n) is 4.88. The van der Waals surface area contributed by atoms with Gasteiger partial charge in [-0.15, -0.1) is 0 Å². The van der Waals surface area contributed by atoms with Crippen molar-refractivity contribution in [2.75, 3.05) is 26.2 Å². The number of sulfonamides is 1. The number of hydrogen-bond donors (Lipinski definition) is 1. The molecule has 0 saturated carbocycles. The van der Waals surface area contributed by atoms with Crippen LogP contribution >= 0.6 is 0 Å². The zero-order valence-corrected chi connectivity index (χ0v) is 15.5. The zero-order chi connectivity index (χ0) is 18.0. The van der Waals surface area contributed by atoms with Crippen LogP contribution in [0.4, 0.5) is 0 Å². The predicted molar refractivity (Wildman–Crippen MR) is 96.1 cm³/mol. The van der Waals surface area contributed by atoms with Crippen LogP contribution in [0.3, 0.4) is 0 Å². The molecule has 1 aliphatic rings. The maximum absolute atomic E-state index is 12.5. The Bertz CT molecular complexity index is 892. The molecule has 0 amide bonds. The van der Waals surface area contributed by atoms with Crippen molar-refractivity contribution >= 4 is 21.1 Å². The first-order valence-electron chi connectivity index (χ1n) is 8.72. The van der Waals surface area contributed by atoms with E-state index in [4.69, 9.17) is 4.42 Å². The van der Waals surface area contributed by atoms with E-state index in [9.17, 15) is 13.2 Å². The number of benzene rings is 1. The lowest BCUT2D eigenvalue weighted by molar-refractivity contribution is 0.186. The summed E-state index contributed by atoms with van der Waals surface area (Å²) >= 11 is 0. The Balaban J connectivity index is 1.65. The fraction of sp³-hybridized carbons (Fsp3) is 0.588. The topological polar surface area (TPSA) is 84.6 Å². The third-order valence-corrected chi connectivity index (χ3v) is 6.30. The maximum Gasteiger partial charge on any atom is 0.419 e. The fourth-order valence-electron chi connectivity index (χ4n) is 3.32. The van der Waals surface area contributed by atoms with Crippen LogP contribution in [0.5, 0.6) is 0 Å². The largest absolute Gasteiger partial charge is 0.419 e. The molecule has 0 bridgehead atoms. The monoisotopic (exact) mass is 367 g/mol. The second-order valence-corrected chi connectivity index (χ2v) is 8.46. The summed E-state index contributed by atoms with van der Waals surface area (Å²) in [4.78, 5) is 14.1. The van der Waals surface area contributed by atoms with Gasteiger partial charge in [-0.05, 0) is 56.9 Å². The molecule has 0 unspecified atom stereocenters. The average Bonchev–Trinajstić information content (AvgIpc) is 2.88. The van der Waals surface area contributed by atoms with Gasteiger partial charge in [0.15, 0.2) is 5.58 Å². The van der Waals surface area contributed by atoms with Crippen LogP contribution in [-0.4, -0.2) is 44.1 Å². The minimum Gasteiger partial charge on any atom is -0.408 e. The van der Waals surface area contributed by atoms with Crippen molar-refractivity contribution in [3.8, 4) is 0 Å². The van der Waals surface area contributed by atoms with E-state index < -0.39 is 15.8 Å². The number of oxazole rings is 1. The number of likely N-dealkylation sites (tertiary alicyclic amines) is 1. The number of aryl methyl sites for hydroxylation is 1. The highest BCUT2D eigenvalue weighted by Gasteiger charge is 2.22. The fourth-order valence-corrected chi connectivity index (χ4v) is 4.45. The average molecular weight is 367 g/mol. The molecule has 3 rings (SSSR count). The standard InChI is InChI=1S/C17H25N3O4S/c1-3-8-20-9-6-13(7-10-20)12-18-25(22,23)14-4-5-15-16(11-14)24-17(21)19(15)2/h4-5,11,13,18H,3,6-10,12H2,1-2H3. The van der Waals surface area contributed by atoms with E-state index in [1.54, 1.807) is 13.1 Å². The highest BCUT2D eigenvalue weighted by atomic mass is 32.2. The van der Waals surface area contributed by atoms with Gasteiger partial charge in [0.1, 0.15) is 0 Å². The number of aromatic nitrogens is 1. The smallest absolute Gasteiger partial charge is 0.408 e. The molecule has 138 valence electrons. The molecule has 1 aromatic heterocycles. The van der Waals surface area contributed by atoms with E-state index in [1.165, 1.54) is 16.7 Å². The second kappa shape index (κ2) is 7.31. The summed E-state index contributed by atoms with van der Waals surface area (Å²) in [7, 11) is -2.02. The van der Waals surface area contributed by atoms with Crippen LogP contribution in [-0.2, 0) is 17.1 Å². The lowest BCUT2D eigenvalue weighted by atomic mass is 9.97. The number of piperidine rings is 1. The summed E-state index contributed by atoms with van der Waals surface area (Å²) in [6.45, 7) is 5.79. The maximum atomic E-state index is 12.5. The Morgan fingerprint density at radius 3 is 2.68 bits per heavy atom. The van der Waals surface area contributed by atoms with E-state index in [0.29, 0.717) is 18.0 Å². The molecule has 2 heterocycles. The molecule has 7 nitrogen and oxygen atoms in total. The van der Waals surface area contributed by atoms with Gasteiger partial charge >= 0.3 is 5.76 Å². The number of nitrogens with one attached hydrogen (secondary N) is 1. The predicted octanol–water partition coefficient (Wildman–Crippen LogP) is 1.53. The molecule has 2 aromatic rings. The molecule has 1 saturated heterocycles. The number of nitrogens with zero attached hydrogens (tertiary/aromatic N) is 2. The van der Waals surface area contributed by atoms with Crippen LogP contribution < -0.4 is 10.5 Å². The van der Waals surface area contributed by atoms with Crippen LogP contribution in [0.1, 0.15) is 26.2 Å². The molecule has 1 N–H and O–H groups in total. The summed E-state index contributed by atoms with van der Waals surface area (Å²) in [5, 5.41) is 0. The molecule has 1 aromatic carbocycles. The molecule has 0 atom stereocenters. The summed E-state index contributed by atoms with van der Waals surface area (Å²) in [5.74, 6) is -0.141. The Hall–Kier alpha value is -1.64. The normalized spacial score (nSPS) is 17.4. The van der Waals surface area contributed by atoms with Crippen molar-refractivity contribution in [2.24, 2.45) is 13.0 Å². The van der Waals surface area contributed by atoms with E-state index in [-0.39, 0.29) is 10.5 Å². The third kappa shape index (κ3) is 3.96. The number of hydrogen-bond acceptors (Lipinski definition) is 5. The van der Waals surface area contributed by atoms with Crippen molar-refractivity contribution in [3.63, 3.8) is 0 Å². The minimum atomic E-state index is -3.61. The van der Waals surface area contributed by atoms with Gasteiger partial charge in [0.25, 0.3) is 0 Å². The van der Waals surface area contributed by atoms with Crippen LogP contribution in [0.25, 0.3) is 11.1 Å². The van der Waals surface area contributed by atoms with Gasteiger partial charge in [0.05, 0.1) is 10.4 Å². The highest BCUT2D eigenvalue weighted by Crippen LogP contribution is 2.20. The lowest BCUT2D eigenvalue weighted by Crippen LogP contribution is -2.38. The highest BCUT2D eigenvalue weighted by molar-refractivity contribution is 7.89. The van der Waals surface area contributed by atoms with Gasteiger partial charge in [-0.3, -0.25) is 4.57 Å². The van der Waals surface area contributed by atoms with E-state index >= 15 is 0 Å². The molecule has 1 fully saturated rings. The molecular formula is C17H25N3O4S. The first-order chi connectivity index (χ1) is 11.9. The molecule has 1 aliphatic heterocycles. The van der Waals surface area contributed by atoms with Crippen LogP contribution in [0, 0.1) is 5.92 Å². The quantitative estimate of drug-likeness (QED) is 0.837. The summed E-state index contributed by atoms with van der Waals surface area (Å²) in [6.07, 6.45) is 3.17. The molecule has 0 aliphatic carbocycles. The molecule has 25 heavy (non-hydrogen) atoms. The summed E-state index contributed by atoms with van der Waals surface area (Å²) < 4.78 is 34.2. The molecular weight excluding hydrogens is 342 g/mol. The molecule has 8 heteroatoms. The van der Waals surface area contributed by atoms with Gasteiger partial charge in [-0.2, -0.15) is 0 Å². The van der Waals surface area contributed by atoms with Crippen molar-refractivity contribution in [1.82, 2.24) is 14.2 Å². The Kier molecular flexibility index (Phi) is 5.31. The minimum absolute atomic E-state index is 0.123. The second-order valence-electron chi connectivity index (χ2n) is 6.69. The van der Waals surface area contributed by atoms with Gasteiger partial charge < -0.3 is 9.32 Å². The van der Waals surface area contributed by atoms with Gasteiger partial charge in [0, 0.05) is 19.7 Å². The SMILES string of the molecule is CCCN1CCC(CNS(=O)(=O)c2ccc3c(c2)oc(=O)n3C)CC1. The molecule has 0 spiro atoms. The Morgan fingerprint density at radius 1 is 1.28 bits per heavy atom. The van der Waals surface area contributed by atoms with Crippen molar-refractivity contribution in [3.05, 3.63) is 28.7 Å². The first kappa shape index (κ1) is 18.2. The van der Waals surface area contributed by atoms with Gasteiger partial charge in [-0.1, -0.05) is 6.92 Å². The van der Waals surface area contributed by atoms with E-state index in [1.807, 2.05) is 0 Å². The van der Waals surface area contributed by atoms with Crippen LogP contribution in [0.15, 0.2) is 32.3 Å². The zero-order valence-electron chi connectivity index (χ0n) is 14.7. The van der Waals surface area contributed by atoms with Crippen molar-refractivity contribution in [2.45, 2.75) is 31.1 Å². The van der Waals surface area contributed by atoms with Crippen molar-refractivity contribution < 1.29 is 12.8 Å².